The van der Waals surface area contributed by atoms with E-state index >= 15 is 0 Å². The smallest absolute Gasteiger partial charge is 0.333 e. The molecule has 1 aliphatic carbocycles. The fourth-order valence-electron chi connectivity index (χ4n) is 4.97. The van der Waals surface area contributed by atoms with Crippen molar-refractivity contribution in [3.8, 4) is 11.5 Å². The number of nitro groups is 1. The number of non-ortho nitro benzene ring substituents is 1. The van der Waals surface area contributed by atoms with Crippen LogP contribution in [-0.2, 0) is 20.9 Å². The van der Waals surface area contributed by atoms with Crippen molar-refractivity contribution in [1.29, 1.82) is 0 Å². The third kappa shape index (κ3) is 3.39. The van der Waals surface area contributed by atoms with E-state index in [1.807, 2.05) is 6.92 Å². The Labute approximate surface area is 210 Å². The number of ether oxygens (including phenoxy) is 3. The number of nitrogens with one attached hydrogen (secondary N) is 1. The van der Waals surface area contributed by atoms with Crippen LogP contribution < -0.4 is 14.8 Å². The third-order valence-electron chi connectivity index (χ3n) is 6.97. The van der Waals surface area contributed by atoms with Crippen LogP contribution in [0, 0.1) is 10.1 Å². The van der Waals surface area contributed by atoms with Crippen molar-refractivity contribution in [2.75, 3.05) is 14.2 Å². The molecule has 36 heavy (non-hydrogen) atoms. The molecule has 12 heteroatoms. The summed E-state index contributed by atoms with van der Waals surface area (Å²) in [6.45, 7) is 1.83. The predicted molar refractivity (Wildman–Crippen MR) is 128 cm³/mol. The molecule has 2 amide bonds. The number of nitrogens with zero attached hydrogens (tertiary/aromatic N) is 2. The van der Waals surface area contributed by atoms with Gasteiger partial charge in [-0.05, 0) is 36.8 Å². The van der Waals surface area contributed by atoms with Gasteiger partial charge < -0.3 is 24.4 Å². The van der Waals surface area contributed by atoms with Gasteiger partial charge in [-0.3, -0.25) is 19.7 Å². The molecule has 5 rings (SSSR count). The maximum Gasteiger partial charge on any atom is 0.333 e. The van der Waals surface area contributed by atoms with Crippen LogP contribution in [0.1, 0.15) is 29.3 Å². The van der Waals surface area contributed by atoms with Gasteiger partial charge >= 0.3 is 5.97 Å². The average Bonchev–Trinajstić information content (AvgIpc) is 3.41. The van der Waals surface area contributed by atoms with Crippen LogP contribution in [0.25, 0.3) is 0 Å². The number of hydrogen-bond acceptors (Lipinski definition) is 9. The quantitative estimate of drug-likeness (QED) is 0.244. The highest BCUT2D eigenvalue weighted by Gasteiger charge is 2.85. The summed E-state index contributed by atoms with van der Waals surface area (Å²) in [5.74, 6) is -0.763. The van der Waals surface area contributed by atoms with E-state index in [2.05, 4.69) is 5.32 Å². The summed E-state index contributed by atoms with van der Waals surface area (Å²) in [5, 5.41) is 13.2. The van der Waals surface area contributed by atoms with Gasteiger partial charge in [0.1, 0.15) is 35.1 Å². The molecule has 1 N–H and O–H groups in total. The van der Waals surface area contributed by atoms with E-state index in [9.17, 15) is 24.5 Å². The maximum atomic E-state index is 13.2. The Bertz CT molecular complexity index is 1260. The zero-order valence-corrected chi connectivity index (χ0v) is 20.5. The molecular weight excluding hydrogens is 490 g/mol. The summed E-state index contributed by atoms with van der Waals surface area (Å²) < 4.78 is 15.6. The molecule has 3 fully saturated rings. The second-order valence-electron chi connectivity index (χ2n) is 8.97. The van der Waals surface area contributed by atoms with E-state index in [0.717, 1.165) is 0 Å². The van der Waals surface area contributed by atoms with Gasteiger partial charge in [0.2, 0.25) is 5.91 Å². The van der Waals surface area contributed by atoms with Gasteiger partial charge in [-0.2, -0.15) is 0 Å². The lowest BCUT2D eigenvalue weighted by atomic mass is 10.00. The molecule has 3 aliphatic rings. The zero-order chi connectivity index (χ0) is 25.8. The number of rotatable bonds is 8. The highest BCUT2D eigenvalue weighted by atomic mass is 32.2. The number of esters is 1. The molecule has 2 saturated heterocycles. The zero-order valence-electron chi connectivity index (χ0n) is 19.7. The number of nitro benzene ring substituents is 1. The van der Waals surface area contributed by atoms with Crippen molar-refractivity contribution >= 4 is 35.2 Å². The van der Waals surface area contributed by atoms with Crippen molar-refractivity contribution in [1.82, 2.24) is 10.2 Å². The normalized spacial score (nSPS) is 27.3. The molecule has 0 spiro atoms. The molecule has 4 atom stereocenters. The number of benzene rings is 2. The Morgan fingerprint density at radius 1 is 1.17 bits per heavy atom. The summed E-state index contributed by atoms with van der Waals surface area (Å²) in [5.41, 5.74) is -0.367. The fraction of sp³-hybridized carbons (Fsp3) is 0.375. The van der Waals surface area contributed by atoms with E-state index in [-0.39, 0.29) is 23.8 Å². The minimum Gasteiger partial charge on any atom is -0.496 e. The molecule has 2 aromatic rings. The van der Waals surface area contributed by atoms with E-state index in [1.165, 1.54) is 55.1 Å². The van der Waals surface area contributed by atoms with Crippen LogP contribution >= 0.6 is 11.8 Å². The number of β-lactam (4-membered cyclic amide) rings is 1. The van der Waals surface area contributed by atoms with E-state index in [1.54, 1.807) is 18.2 Å². The lowest BCUT2D eigenvalue weighted by Gasteiger charge is -2.46. The molecule has 2 heterocycles. The highest BCUT2D eigenvalue weighted by molar-refractivity contribution is 8.02. The fourth-order valence-corrected chi connectivity index (χ4v) is 6.88. The first kappa shape index (κ1) is 23.9. The first-order valence-electron chi connectivity index (χ1n) is 11.1. The largest absolute Gasteiger partial charge is 0.496 e. The standard InChI is InChI=1S/C24H23N3O8S/c1-23-12-24(23,22(30)35-11-13-7-9-14(10-8-13)27(31)32)26-20(29)18(21(26)36-23)25-19(28)17-15(33-2)5-4-6-16(17)34-3/h4-10,18,21H,11-12H2,1-3H3,(H,25,28)/t18-,21-,23-,24-/m1/s1. The molecular formula is C24H23N3O8S. The third-order valence-corrected chi connectivity index (χ3v) is 8.70. The second-order valence-corrected chi connectivity index (χ2v) is 10.6. The molecule has 2 aliphatic heterocycles. The predicted octanol–water partition coefficient (Wildman–Crippen LogP) is 2.27. The monoisotopic (exact) mass is 513 g/mol. The summed E-state index contributed by atoms with van der Waals surface area (Å²) in [7, 11) is 2.88. The number of fused-ring (bicyclic) bond motifs is 3. The lowest BCUT2D eigenvalue weighted by molar-refractivity contribution is -0.384. The molecule has 11 nitrogen and oxygen atoms in total. The van der Waals surface area contributed by atoms with Crippen molar-refractivity contribution in [2.45, 2.75) is 41.7 Å². The van der Waals surface area contributed by atoms with Gasteiger partial charge in [0.25, 0.3) is 11.6 Å². The first-order valence-corrected chi connectivity index (χ1v) is 12.0. The van der Waals surface area contributed by atoms with Gasteiger partial charge in [-0.15, -0.1) is 11.8 Å². The van der Waals surface area contributed by atoms with Crippen molar-refractivity contribution in [3.63, 3.8) is 0 Å². The Morgan fingerprint density at radius 3 is 2.39 bits per heavy atom. The summed E-state index contributed by atoms with van der Waals surface area (Å²) in [4.78, 5) is 51.2. The van der Waals surface area contributed by atoms with E-state index in [4.69, 9.17) is 14.2 Å². The highest BCUT2D eigenvalue weighted by Crippen LogP contribution is 2.72. The number of methoxy groups -OCH3 is 2. The van der Waals surface area contributed by atoms with Gasteiger partial charge in [0, 0.05) is 18.6 Å². The van der Waals surface area contributed by atoms with E-state index in [0.29, 0.717) is 23.5 Å². The Balaban J connectivity index is 1.28. The van der Waals surface area contributed by atoms with Gasteiger partial charge in [0.05, 0.1) is 23.9 Å². The number of amides is 2. The number of thioether (sulfide) groups is 1. The van der Waals surface area contributed by atoms with Gasteiger partial charge in [0.15, 0.2) is 5.54 Å². The first-order chi connectivity index (χ1) is 17.2. The number of hydrogen-bond donors (Lipinski definition) is 1. The molecule has 0 bridgehead atoms. The molecule has 2 aromatic carbocycles. The minimum absolute atomic E-state index is 0.0570. The van der Waals surface area contributed by atoms with Crippen molar-refractivity contribution < 1.29 is 33.5 Å². The second kappa shape index (κ2) is 8.40. The molecule has 1 saturated carbocycles. The van der Waals surface area contributed by atoms with Crippen LogP contribution in [0.4, 0.5) is 5.69 Å². The SMILES string of the molecule is COc1cccc(OC)c1C(=O)N[C@@H]1C(=O)N2[C@@H]1S[C@]1(C)C[C@]21C(=O)OCc1ccc([N+](=O)[O-])cc1. The molecule has 0 unspecified atom stereocenters. The topological polar surface area (TPSA) is 137 Å². The van der Waals surface area contributed by atoms with Crippen LogP contribution in [0.5, 0.6) is 11.5 Å². The molecule has 188 valence electrons. The number of carbonyl (C=O) groups excluding carboxylic acids is 3. The Kier molecular flexibility index (Phi) is 5.58. The van der Waals surface area contributed by atoms with Gasteiger partial charge in [-0.25, -0.2) is 4.79 Å². The summed E-state index contributed by atoms with van der Waals surface area (Å²) in [6.07, 6.45) is 0.451. The van der Waals surface area contributed by atoms with E-state index < -0.39 is 38.5 Å². The van der Waals surface area contributed by atoms with Gasteiger partial charge in [-0.1, -0.05) is 6.07 Å². The Hall–Kier alpha value is -3.80. The van der Waals surface area contributed by atoms with Crippen molar-refractivity contribution in [2.24, 2.45) is 0 Å². The Morgan fingerprint density at radius 2 is 1.81 bits per heavy atom. The average molecular weight is 514 g/mol. The van der Waals surface area contributed by atoms with Crippen LogP contribution in [0.2, 0.25) is 0 Å². The van der Waals surface area contributed by atoms with Crippen molar-refractivity contribution in [3.05, 3.63) is 63.7 Å². The minimum atomic E-state index is -1.09. The molecule has 0 radical (unpaired) electrons. The lowest BCUT2D eigenvalue weighted by Crippen LogP contribution is -2.72. The van der Waals surface area contributed by atoms with Crippen LogP contribution in [0.15, 0.2) is 42.5 Å². The summed E-state index contributed by atoms with van der Waals surface area (Å²) >= 11 is 1.47. The van der Waals surface area contributed by atoms with Crippen LogP contribution in [-0.4, -0.2) is 63.5 Å². The molecule has 0 aromatic heterocycles. The summed E-state index contributed by atoms with van der Waals surface area (Å²) in [6, 6.07) is 9.87. The number of carbonyl (C=O) groups is 3. The maximum absolute atomic E-state index is 13.2. The van der Waals surface area contributed by atoms with Crippen LogP contribution in [0.3, 0.4) is 0 Å².